The van der Waals surface area contributed by atoms with Crippen LogP contribution in [0.3, 0.4) is 0 Å². The van der Waals surface area contributed by atoms with Crippen LogP contribution in [0.4, 0.5) is 10.1 Å². The van der Waals surface area contributed by atoms with Crippen molar-refractivity contribution in [1.82, 2.24) is 4.90 Å². The molecule has 2 aliphatic heterocycles. The minimum atomic E-state index is -0.673. The van der Waals surface area contributed by atoms with E-state index in [1.54, 1.807) is 6.07 Å². The van der Waals surface area contributed by atoms with Crippen molar-refractivity contribution in [3.05, 3.63) is 30.1 Å². The largest absolute Gasteiger partial charge is 0.481 e. The molecule has 0 radical (unpaired) electrons. The number of likely N-dealkylation sites (tertiary alicyclic amines) is 1. The van der Waals surface area contributed by atoms with Crippen LogP contribution >= 0.6 is 0 Å². The summed E-state index contributed by atoms with van der Waals surface area (Å²) in [6.07, 6.45) is 3.70. The van der Waals surface area contributed by atoms with E-state index < -0.39 is 5.97 Å². The number of hydrogen-bond acceptors (Lipinski definition) is 3. The number of anilines is 1. The zero-order chi connectivity index (χ0) is 15.5. The van der Waals surface area contributed by atoms with Crippen molar-refractivity contribution in [2.24, 2.45) is 5.92 Å². The van der Waals surface area contributed by atoms with Crippen LogP contribution in [-0.2, 0) is 4.79 Å². The molecule has 0 bridgehead atoms. The van der Waals surface area contributed by atoms with Crippen molar-refractivity contribution in [2.75, 3.05) is 31.1 Å². The lowest BCUT2D eigenvalue weighted by atomic mass is 9.94. The normalized spacial score (nSPS) is 24.4. The van der Waals surface area contributed by atoms with E-state index in [9.17, 15) is 14.3 Å². The SMILES string of the molecule is O=C(O)[C@H]1CCCN(C2CCN(c3ccccc3F)CC2)C1. The Morgan fingerprint density at radius 2 is 1.86 bits per heavy atom. The van der Waals surface area contributed by atoms with Crippen LogP contribution in [0.2, 0.25) is 0 Å². The molecular weight excluding hydrogens is 283 g/mol. The predicted octanol–water partition coefficient (Wildman–Crippen LogP) is 2.59. The Hall–Kier alpha value is -1.62. The number of benzene rings is 1. The van der Waals surface area contributed by atoms with Gasteiger partial charge in [-0.15, -0.1) is 0 Å². The number of carboxylic acid groups (broad SMARTS) is 1. The fourth-order valence-corrected chi connectivity index (χ4v) is 3.72. The van der Waals surface area contributed by atoms with E-state index in [1.165, 1.54) is 6.07 Å². The molecule has 1 N–H and O–H groups in total. The first kappa shape index (κ1) is 15.3. The van der Waals surface area contributed by atoms with Crippen molar-refractivity contribution < 1.29 is 14.3 Å². The monoisotopic (exact) mass is 306 g/mol. The third kappa shape index (κ3) is 3.24. The van der Waals surface area contributed by atoms with E-state index in [1.807, 2.05) is 12.1 Å². The van der Waals surface area contributed by atoms with Gasteiger partial charge in [0.15, 0.2) is 0 Å². The first-order valence-electron chi connectivity index (χ1n) is 8.11. The van der Waals surface area contributed by atoms with Gasteiger partial charge in [-0.3, -0.25) is 9.69 Å². The highest BCUT2D eigenvalue weighted by atomic mass is 19.1. The van der Waals surface area contributed by atoms with Crippen LogP contribution in [0, 0.1) is 11.7 Å². The highest BCUT2D eigenvalue weighted by Crippen LogP contribution is 2.27. The number of nitrogens with zero attached hydrogens (tertiary/aromatic N) is 2. The second-order valence-corrected chi connectivity index (χ2v) is 6.34. The Morgan fingerprint density at radius 1 is 1.14 bits per heavy atom. The Balaban J connectivity index is 1.58. The molecular formula is C17H23FN2O2. The average molecular weight is 306 g/mol. The van der Waals surface area contributed by atoms with Crippen molar-refractivity contribution in [1.29, 1.82) is 0 Å². The van der Waals surface area contributed by atoms with Crippen LogP contribution in [0.15, 0.2) is 24.3 Å². The van der Waals surface area contributed by atoms with Gasteiger partial charge in [-0.25, -0.2) is 4.39 Å². The topological polar surface area (TPSA) is 43.8 Å². The third-order valence-corrected chi connectivity index (χ3v) is 4.98. The lowest BCUT2D eigenvalue weighted by Crippen LogP contribution is -2.49. The zero-order valence-electron chi connectivity index (χ0n) is 12.7. The summed E-state index contributed by atoms with van der Waals surface area (Å²) in [6.45, 7) is 3.33. The zero-order valence-corrected chi connectivity index (χ0v) is 12.7. The van der Waals surface area contributed by atoms with Crippen molar-refractivity contribution in [3.63, 3.8) is 0 Å². The molecule has 1 aromatic rings. The standard InChI is InChI=1S/C17H23FN2O2/c18-15-5-1-2-6-16(15)19-10-7-14(8-11-19)20-9-3-4-13(12-20)17(21)22/h1-2,5-6,13-14H,3-4,7-12H2,(H,21,22)/t13-/m0/s1. The molecule has 0 spiro atoms. The van der Waals surface area contributed by atoms with E-state index in [0.29, 0.717) is 18.3 Å². The Morgan fingerprint density at radius 3 is 2.55 bits per heavy atom. The van der Waals surface area contributed by atoms with Gasteiger partial charge >= 0.3 is 5.97 Å². The Bertz CT molecular complexity index is 529. The summed E-state index contributed by atoms with van der Waals surface area (Å²) in [5.74, 6) is -1.06. The first-order valence-corrected chi connectivity index (χ1v) is 8.11. The molecule has 1 aromatic carbocycles. The fraction of sp³-hybridized carbons (Fsp3) is 0.588. The molecule has 22 heavy (non-hydrogen) atoms. The molecule has 1 atom stereocenters. The average Bonchev–Trinajstić information content (AvgIpc) is 2.56. The second kappa shape index (κ2) is 6.65. The van der Waals surface area contributed by atoms with Crippen molar-refractivity contribution >= 4 is 11.7 Å². The summed E-state index contributed by atoms with van der Waals surface area (Å²) in [6, 6.07) is 7.35. The summed E-state index contributed by atoms with van der Waals surface area (Å²) >= 11 is 0. The summed E-state index contributed by atoms with van der Waals surface area (Å²) in [5.41, 5.74) is 0.683. The van der Waals surface area contributed by atoms with Gasteiger partial charge in [0.1, 0.15) is 5.82 Å². The maximum atomic E-state index is 13.8. The fourth-order valence-electron chi connectivity index (χ4n) is 3.72. The van der Waals surface area contributed by atoms with Gasteiger partial charge in [-0.1, -0.05) is 12.1 Å². The number of para-hydroxylation sites is 1. The van der Waals surface area contributed by atoms with Gasteiger partial charge in [0, 0.05) is 25.7 Å². The number of halogens is 1. The summed E-state index contributed by atoms with van der Waals surface area (Å²) in [5, 5.41) is 9.20. The third-order valence-electron chi connectivity index (χ3n) is 4.98. The molecule has 0 unspecified atom stereocenters. The molecule has 2 aliphatic rings. The maximum absolute atomic E-state index is 13.8. The van der Waals surface area contributed by atoms with E-state index in [-0.39, 0.29) is 11.7 Å². The number of hydrogen-bond donors (Lipinski definition) is 1. The summed E-state index contributed by atoms with van der Waals surface area (Å²) < 4.78 is 13.8. The van der Waals surface area contributed by atoms with Gasteiger partial charge in [0.05, 0.1) is 11.6 Å². The van der Waals surface area contributed by atoms with Gasteiger partial charge in [-0.2, -0.15) is 0 Å². The molecule has 5 heteroatoms. The van der Waals surface area contributed by atoms with Gasteiger partial charge in [0.2, 0.25) is 0 Å². The molecule has 0 saturated carbocycles. The first-order chi connectivity index (χ1) is 10.6. The number of aliphatic carboxylic acids is 1. The van der Waals surface area contributed by atoms with Crippen LogP contribution in [0.25, 0.3) is 0 Å². The van der Waals surface area contributed by atoms with Gasteiger partial charge < -0.3 is 10.0 Å². The van der Waals surface area contributed by atoms with Crippen LogP contribution in [-0.4, -0.2) is 48.2 Å². The summed E-state index contributed by atoms with van der Waals surface area (Å²) in [4.78, 5) is 15.6. The highest BCUT2D eigenvalue weighted by molar-refractivity contribution is 5.70. The quantitative estimate of drug-likeness (QED) is 0.932. The number of carboxylic acids is 1. The van der Waals surface area contributed by atoms with E-state index in [4.69, 9.17) is 0 Å². The summed E-state index contributed by atoms with van der Waals surface area (Å²) in [7, 11) is 0. The lowest BCUT2D eigenvalue weighted by Gasteiger charge is -2.42. The lowest BCUT2D eigenvalue weighted by molar-refractivity contribution is -0.144. The molecule has 0 amide bonds. The smallest absolute Gasteiger partial charge is 0.307 e. The van der Waals surface area contributed by atoms with Gasteiger partial charge in [0.25, 0.3) is 0 Å². The minimum Gasteiger partial charge on any atom is -0.481 e. The van der Waals surface area contributed by atoms with Gasteiger partial charge in [-0.05, 0) is 44.4 Å². The second-order valence-electron chi connectivity index (χ2n) is 6.34. The molecule has 0 aliphatic carbocycles. The number of piperidine rings is 2. The van der Waals surface area contributed by atoms with Crippen LogP contribution in [0.5, 0.6) is 0 Å². The molecule has 120 valence electrons. The van der Waals surface area contributed by atoms with Crippen LogP contribution < -0.4 is 4.90 Å². The Kier molecular flexibility index (Phi) is 4.62. The Labute approximate surface area is 130 Å². The van der Waals surface area contributed by atoms with Crippen molar-refractivity contribution in [2.45, 2.75) is 31.7 Å². The van der Waals surface area contributed by atoms with Crippen LogP contribution in [0.1, 0.15) is 25.7 Å². The molecule has 2 heterocycles. The maximum Gasteiger partial charge on any atom is 0.307 e. The minimum absolute atomic E-state index is 0.162. The van der Waals surface area contributed by atoms with E-state index in [2.05, 4.69) is 9.80 Å². The molecule has 2 saturated heterocycles. The van der Waals surface area contributed by atoms with Crippen molar-refractivity contribution in [3.8, 4) is 0 Å². The molecule has 4 nitrogen and oxygen atoms in total. The highest BCUT2D eigenvalue weighted by Gasteiger charge is 2.31. The number of carbonyl (C=O) groups is 1. The molecule has 0 aromatic heterocycles. The molecule has 2 fully saturated rings. The van der Waals surface area contributed by atoms with E-state index >= 15 is 0 Å². The number of rotatable bonds is 3. The van der Waals surface area contributed by atoms with E-state index in [0.717, 1.165) is 45.3 Å². The predicted molar refractivity (Wildman–Crippen MR) is 83.6 cm³/mol. The molecule has 3 rings (SSSR count).